The summed E-state index contributed by atoms with van der Waals surface area (Å²) in [5, 5.41) is 0. The third-order valence-corrected chi connectivity index (χ3v) is 6.10. The van der Waals surface area contributed by atoms with Crippen LogP contribution in [-0.4, -0.2) is 39.8 Å². The third kappa shape index (κ3) is 3.24. The minimum atomic E-state index is -0.361. The highest BCUT2D eigenvalue weighted by Crippen LogP contribution is 2.35. The zero-order valence-electron chi connectivity index (χ0n) is 16.8. The first-order valence-corrected chi connectivity index (χ1v) is 10.3. The fourth-order valence-electron chi connectivity index (χ4n) is 4.63. The summed E-state index contributed by atoms with van der Waals surface area (Å²) in [7, 11) is 0. The molecule has 2 unspecified atom stereocenters. The van der Waals surface area contributed by atoms with Gasteiger partial charge in [0, 0.05) is 25.2 Å². The quantitative estimate of drug-likeness (QED) is 0.721. The van der Waals surface area contributed by atoms with Crippen LogP contribution in [0.15, 0.2) is 42.5 Å². The number of aryl methyl sites for hydroxylation is 1. The Morgan fingerprint density at radius 2 is 2.10 bits per heavy atom. The van der Waals surface area contributed by atoms with E-state index < -0.39 is 0 Å². The van der Waals surface area contributed by atoms with Gasteiger partial charge in [-0.25, -0.2) is 9.37 Å². The van der Waals surface area contributed by atoms with Gasteiger partial charge < -0.3 is 14.8 Å². The molecule has 0 bridgehead atoms. The zero-order valence-corrected chi connectivity index (χ0v) is 16.8. The third-order valence-electron chi connectivity index (χ3n) is 6.10. The predicted molar refractivity (Wildman–Crippen MR) is 111 cm³/mol. The van der Waals surface area contributed by atoms with Crippen LogP contribution in [0.4, 0.5) is 10.1 Å². The predicted octanol–water partition coefficient (Wildman–Crippen LogP) is 3.73. The highest BCUT2D eigenvalue weighted by Gasteiger charge is 2.41. The molecule has 2 atom stereocenters. The molecule has 154 valence electrons. The topological polar surface area (TPSA) is 69.3 Å². The Hall–Kier alpha value is -3.22. The maximum atomic E-state index is 13.5. The molecule has 2 saturated heterocycles. The Morgan fingerprint density at radius 3 is 2.93 bits per heavy atom. The number of halogens is 1. The minimum Gasteiger partial charge on any atom is -0.340 e. The monoisotopic (exact) mass is 406 g/mol. The van der Waals surface area contributed by atoms with Crippen molar-refractivity contribution in [3.8, 4) is 0 Å². The molecule has 7 heteroatoms. The van der Waals surface area contributed by atoms with Crippen LogP contribution in [-0.2, 0) is 9.59 Å². The van der Waals surface area contributed by atoms with Crippen molar-refractivity contribution in [2.45, 2.75) is 32.2 Å². The molecule has 2 aromatic carbocycles. The Balaban J connectivity index is 1.36. The number of aromatic nitrogens is 2. The van der Waals surface area contributed by atoms with E-state index in [1.807, 2.05) is 36.1 Å². The van der Waals surface area contributed by atoms with E-state index >= 15 is 0 Å². The Bertz CT molecular complexity index is 1140. The number of nitrogens with zero attached hydrogens (tertiary/aromatic N) is 3. The number of hydrogen-bond donors (Lipinski definition) is 1. The number of aromatic amines is 1. The van der Waals surface area contributed by atoms with Crippen LogP contribution < -0.4 is 4.90 Å². The highest BCUT2D eigenvalue weighted by molar-refractivity contribution is 6.00. The number of likely N-dealkylation sites (tertiary alicyclic amines) is 1. The summed E-state index contributed by atoms with van der Waals surface area (Å²) in [6.45, 7) is 3.03. The van der Waals surface area contributed by atoms with Gasteiger partial charge in [0.25, 0.3) is 0 Å². The molecule has 0 radical (unpaired) electrons. The van der Waals surface area contributed by atoms with E-state index in [-0.39, 0.29) is 36.0 Å². The van der Waals surface area contributed by atoms with Crippen molar-refractivity contribution >= 4 is 28.5 Å². The molecule has 2 fully saturated rings. The molecule has 1 N–H and O–H groups in total. The van der Waals surface area contributed by atoms with Crippen LogP contribution in [0.3, 0.4) is 0 Å². The lowest BCUT2D eigenvalue weighted by Gasteiger charge is -2.26. The summed E-state index contributed by atoms with van der Waals surface area (Å²) in [4.78, 5) is 37.3. The molecule has 2 aliphatic rings. The number of nitrogens with one attached hydrogen (secondary N) is 1. The largest absolute Gasteiger partial charge is 0.340 e. The second-order valence-electron chi connectivity index (χ2n) is 8.22. The van der Waals surface area contributed by atoms with E-state index in [9.17, 15) is 14.0 Å². The molecule has 0 spiro atoms. The van der Waals surface area contributed by atoms with Crippen molar-refractivity contribution in [2.24, 2.45) is 5.92 Å². The number of imidazole rings is 1. The van der Waals surface area contributed by atoms with E-state index in [4.69, 9.17) is 0 Å². The lowest BCUT2D eigenvalue weighted by atomic mass is 10.1. The Morgan fingerprint density at radius 1 is 1.23 bits per heavy atom. The van der Waals surface area contributed by atoms with Crippen molar-refractivity contribution in [2.75, 3.05) is 18.0 Å². The summed E-state index contributed by atoms with van der Waals surface area (Å²) < 4.78 is 13.5. The molecular weight excluding hydrogens is 383 g/mol. The second-order valence-corrected chi connectivity index (χ2v) is 8.22. The molecule has 30 heavy (non-hydrogen) atoms. The van der Waals surface area contributed by atoms with Crippen molar-refractivity contribution in [1.82, 2.24) is 14.9 Å². The van der Waals surface area contributed by atoms with E-state index in [1.165, 1.54) is 12.1 Å². The van der Waals surface area contributed by atoms with Gasteiger partial charge in [0.2, 0.25) is 11.8 Å². The van der Waals surface area contributed by atoms with Gasteiger partial charge in [0.05, 0.1) is 23.0 Å². The minimum absolute atomic E-state index is 0.00682. The number of carbonyl (C=O) groups is 2. The SMILES string of the molecule is Cc1cccc(N2CC(C(=O)N3CCCC3c3nc4ccc(F)cc4[nH]3)CC2=O)c1. The molecule has 3 heterocycles. The van der Waals surface area contributed by atoms with E-state index in [1.54, 1.807) is 11.0 Å². The number of H-pyrrole nitrogens is 1. The number of amides is 2. The lowest BCUT2D eigenvalue weighted by molar-refractivity contribution is -0.136. The number of benzene rings is 2. The molecule has 3 aromatic rings. The normalized spacial score (nSPS) is 21.7. The summed E-state index contributed by atoms with van der Waals surface area (Å²) in [6.07, 6.45) is 1.90. The molecular formula is C23H23FN4O2. The van der Waals surface area contributed by atoms with Crippen LogP contribution in [0.1, 0.15) is 36.7 Å². The molecule has 0 saturated carbocycles. The molecule has 0 aliphatic carbocycles. The molecule has 1 aromatic heterocycles. The zero-order chi connectivity index (χ0) is 20.8. The van der Waals surface area contributed by atoms with Crippen molar-refractivity contribution < 1.29 is 14.0 Å². The fourth-order valence-corrected chi connectivity index (χ4v) is 4.63. The maximum absolute atomic E-state index is 13.5. The first-order chi connectivity index (χ1) is 14.5. The average molecular weight is 406 g/mol. The van der Waals surface area contributed by atoms with Crippen LogP contribution in [0.25, 0.3) is 11.0 Å². The van der Waals surface area contributed by atoms with Crippen LogP contribution in [0, 0.1) is 18.7 Å². The second kappa shape index (κ2) is 7.23. The summed E-state index contributed by atoms with van der Waals surface area (Å²) in [5.41, 5.74) is 3.24. The fraction of sp³-hybridized carbons (Fsp3) is 0.348. The number of anilines is 1. The molecule has 2 amide bonds. The van der Waals surface area contributed by atoms with Crippen LogP contribution in [0.5, 0.6) is 0 Å². The Labute approximate surface area is 173 Å². The number of carbonyl (C=O) groups excluding carboxylic acids is 2. The van der Waals surface area contributed by atoms with Gasteiger partial charge in [-0.2, -0.15) is 0 Å². The lowest BCUT2D eigenvalue weighted by Crippen LogP contribution is -2.37. The summed E-state index contributed by atoms with van der Waals surface area (Å²) in [6, 6.07) is 12.1. The van der Waals surface area contributed by atoms with Crippen molar-refractivity contribution in [3.63, 3.8) is 0 Å². The smallest absolute Gasteiger partial charge is 0.228 e. The molecule has 6 nitrogen and oxygen atoms in total. The van der Waals surface area contributed by atoms with Gasteiger partial charge in [-0.1, -0.05) is 12.1 Å². The van der Waals surface area contributed by atoms with Crippen LogP contribution >= 0.6 is 0 Å². The Kier molecular flexibility index (Phi) is 4.53. The van der Waals surface area contributed by atoms with Gasteiger partial charge in [0.1, 0.15) is 11.6 Å². The number of fused-ring (bicyclic) bond motifs is 1. The van der Waals surface area contributed by atoms with Gasteiger partial charge in [0.15, 0.2) is 0 Å². The molecule has 2 aliphatic heterocycles. The summed E-state index contributed by atoms with van der Waals surface area (Å²) >= 11 is 0. The number of rotatable bonds is 3. The van der Waals surface area contributed by atoms with Gasteiger partial charge >= 0.3 is 0 Å². The molecule has 5 rings (SSSR count). The van der Waals surface area contributed by atoms with Gasteiger partial charge in [-0.3, -0.25) is 9.59 Å². The van der Waals surface area contributed by atoms with Gasteiger partial charge in [-0.05, 0) is 55.7 Å². The first-order valence-electron chi connectivity index (χ1n) is 10.3. The maximum Gasteiger partial charge on any atom is 0.228 e. The van der Waals surface area contributed by atoms with Crippen molar-refractivity contribution in [3.05, 3.63) is 59.7 Å². The van der Waals surface area contributed by atoms with E-state index in [0.29, 0.717) is 29.9 Å². The number of hydrogen-bond acceptors (Lipinski definition) is 3. The van der Waals surface area contributed by atoms with E-state index in [0.717, 1.165) is 24.1 Å². The highest BCUT2D eigenvalue weighted by atomic mass is 19.1. The first kappa shape index (κ1) is 18.8. The van der Waals surface area contributed by atoms with Crippen molar-refractivity contribution in [1.29, 1.82) is 0 Å². The summed E-state index contributed by atoms with van der Waals surface area (Å²) in [5.74, 6) is -0.0268. The average Bonchev–Trinajstić information content (AvgIpc) is 3.44. The standard InChI is InChI=1S/C23H23FN4O2/c1-14-4-2-5-17(10-14)28-13-15(11-21(28)29)23(30)27-9-3-6-20(27)22-25-18-8-7-16(24)12-19(18)26-22/h2,4-5,7-8,10,12,15,20H,3,6,9,11,13H2,1H3,(H,25,26). The van der Waals surface area contributed by atoms with Gasteiger partial charge in [-0.15, -0.1) is 0 Å². The van der Waals surface area contributed by atoms with E-state index in [2.05, 4.69) is 9.97 Å². The van der Waals surface area contributed by atoms with Crippen LogP contribution in [0.2, 0.25) is 0 Å².